The van der Waals surface area contributed by atoms with E-state index in [-0.39, 0.29) is 6.10 Å². The lowest BCUT2D eigenvalue weighted by Gasteiger charge is -2.17. The maximum Gasteiger partial charge on any atom is 0.264 e. The Morgan fingerprint density at radius 3 is 2.00 bits per heavy atom. The predicted octanol–water partition coefficient (Wildman–Crippen LogP) is 2.18. The van der Waals surface area contributed by atoms with Crippen LogP contribution in [-0.4, -0.2) is 20.8 Å². The summed E-state index contributed by atoms with van der Waals surface area (Å²) in [4.78, 5) is 0. The second-order valence-electron chi connectivity index (χ2n) is 3.53. The van der Waals surface area contributed by atoms with E-state index in [0.29, 0.717) is 5.92 Å². The zero-order valence-electron chi connectivity index (χ0n) is 8.91. The van der Waals surface area contributed by atoms with Crippen molar-refractivity contribution in [2.75, 3.05) is 6.26 Å². The van der Waals surface area contributed by atoms with Crippen molar-refractivity contribution < 1.29 is 12.6 Å². The van der Waals surface area contributed by atoms with E-state index >= 15 is 0 Å². The van der Waals surface area contributed by atoms with Gasteiger partial charge in [0.05, 0.1) is 12.4 Å². The predicted molar refractivity (Wildman–Crippen MR) is 54.1 cm³/mol. The molecule has 0 saturated heterocycles. The number of hydrogen-bond donors (Lipinski definition) is 0. The smallest absolute Gasteiger partial charge is 0.264 e. The van der Waals surface area contributed by atoms with Gasteiger partial charge in [0.15, 0.2) is 0 Å². The lowest BCUT2D eigenvalue weighted by Crippen LogP contribution is -2.17. The third-order valence-electron chi connectivity index (χ3n) is 2.16. The van der Waals surface area contributed by atoms with Crippen LogP contribution in [0.3, 0.4) is 0 Å². The Bertz CT molecular complexity index is 217. The first-order valence-corrected chi connectivity index (χ1v) is 6.59. The summed E-state index contributed by atoms with van der Waals surface area (Å²) in [6.45, 7) is 6.03. The Hall–Kier alpha value is -0.0900. The van der Waals surface area contributed by atoms with Crippen molar-refractivity contribution in [3.05, 3.63) is 0 Å². The molecule has 0 aromatic carbocycles. The Balaban J connectivity index is 3.93. The molecule has 0 N–H and O–H groups in total. The van der Waals surface area contributed by atoms with Gasteiger partial charge in [0.25, 0.3) is 10.1 Å². The average molecular weight is 208 g/mol. The minimum atomic E-state index is -3.29. The monoisotopic (exact) mass is 208 g/mol. The highest BCUT2D eigenvalue weighted by molar-refractivity contribution is 7.86. The maximum atomic E-state index is 10.8. The fourth-order valence-corrected chi connectivity index (χ4v) is 2.10. The van der Waals surface area contributed by atoms with Gasteiger partial charge < -0.3 is 0 Å². The Kier molecular flexibility index (Phi) is 5.56. The van der Waals surface area contributed by atoms with Gasteiger partial charge in [0.1, 0.15) is 0 Å². The van der Waals surface area contributed by atoms with Gasteiger partial charge in [-0.1, -0.05) is 26.7 Å². The topological polar surface area (TPSA) is 43.4 Å². The van der Waals surface area contributed by atoms with E-state index in [1.165, 1.54) is 0 Å². The lowest BCUT2D eigenvalue weighted by molar-refractivity contribution is 0.190. The molecule has 80 valence electrons. The highest BCUT2D eigenvalue weighted by atomic mass is 32.2. The Morgan fingerprint density at radius 1 is 1.23 bits per heavy atom. The summed E-state index contributed by atoms with van der Waals surface area (Å²) in [5.41, 5.74) is 0. The molecule has 4 heteroatoms. The fraction of sp³-hybridized carbons (Fsp3) is 1.00. The molecule has 0 aliphatic rings. The summed E-state index contributed by atoms with van der Waals surface area (Å²) < 4.78 is 26.4. The van der Waals surface area contributed by atoms with Crippen LogP contribution >= 0.6 is 0 Å². The molecule has 0 aliphatic carbocycles. The van der Waals surface area contributed by atoms with Crippen LogP contribution in [-0.2, 0) is 14.3 Å². The van der Waals surface area contributed by atoms with Gasteiger partial charge in [-0.3, -0.25) is 4.18 Å². The second-order valence-corrected chi connectivity index (χ2v) is 5.13. The van der Waals surface area contributed by atoms with Crippen molar-refractivity contribution in [2.24, 2.45) is 5.92 Å². The first kappa shape index (κ1) is 12.9. The molecule has 0 aromatic heterocycles. The minimum Gasteiger partial charge on any atom is -0.267 e. The van der Waals surface area contributed by atoms with Gasteiger partial charge >= 0.3 is 0 Å². The summed E-state index contributed by atoms with van der Waals surface area (Å²) in [5.74, 6) is 0.566. The van der Waals surface area contributed by atoms with Crippen molar-refractivity contribution in [3.8, 4) is 0 Å². The molecule has 13 heavy (non-hydrogen) atoms. The van der Waals surface area contributed by atoms with Crippen molar-refractivity contribution >= 4 is 10.1 Å². The third-order valence-corrected chi connectivity index (χ3v) is 2.84. The van der Waals surface area contributed by atoms with Gasteiger partial charge in [-0.2, -0.15) is 8.42 Å². The first-order valence-electron chi connectivity index (χ1n) is 4.77. The van der Waals surface area contributed by atoms with Gasteiger partial charge in [-0.15, -0.1) is 0 Å². The molecule has 0 radical (unpaired) electrons. The quantitative estimate of drug-likeness (QED) is 0.628. The van der Waals surface area contributed by atoms with E-state index in [1.54, 1.807) is 6.92 Å². The van der Waals surface area contributed by atoms with E-state index in [9.17, 15) is 8.42 Å². The van der Waals surface area contributed by atoms with Crippen molar-refractivity contribution in [1.82, 2.24) is 0 Å². The van der Waals surface area contributed by atoms with Gasteiger partial charge in [-0.05, 0) is 19.3 Å². The summed E-state index contributed by atoms with van der Waals surface area (Å²) in [6.07, 6.45) is 3.87. The van der Waals surface area contributed by atoms with Crippen molar-refractivity contribution in [1.29, 1.82) is 0 Å². The van der Waals surface area contributed by atoms with Gasteiger partial charge in [0.2, 0.25) is 0 Å². The van der Waals surface area contributed by atoms with Crippen LogP contribution < -0.4 is 0 Å². The molecule has 1 unspecified atom stereocenters. The number of hydrogen-bond acceptors (Lipinski definition) is 3. The molecule has 0 rings (SSSR count). The molecular weight excluding hydrogens is 188 g/mol. The minimum absolute atomic E-state index is 0.195. The van der Waals surface area contributed by atoms with E-state index in [1.807, 2.05) is 0 Å². The summed E-state index contributed by atoms with van der Waals surface area (Å²) in [5, 5.41) is 0. The van der Waals surface area contributed by atoms with Crippen LogP contribution in [0.4, 0.5) is 0 Å². The molecule has 1 atom stereocenters. The molecule has 0 heterocycles. The summed E-state index contributed by atoms with van der Waals surface area (Å²) >= 11 is 0. The molecule has 0 fully saturated rings. The molecule has 0 spiro atoms. The summed E-state index contributed by atoms with van der Waals surface area (Å²) in [6, 6.07) is 0. The van der Waals surface area contributed by atoms with E-state index in [0.717, 1.165) is 25.5 Å². The second kappa shape index (κ2) is 5.60. The SMILES string of the molecule is CCC(CC)CC(C)OS(C)(=O)=O. The molecule has 0 aromatic rings. The molecule has 0 saturated carbocycles. The molecule has 0 amide bonds. The lowest BCUT2D eigenvalue weighted by atomic mass is 9.97. The van der Waals surface area contributed by atoms with Crippen LogP contribution in [0.25, 0.3) is 0 Å². The first-order chi connectivity index (χ1) is 5.89. The van der Waals surface area contributed by atoms with Crippen LogP contribution in [0.2, 0.25) is 0 Å². The standard InChI is InChI=1S/C9H20O3S/c1-5-9(6-2)7-8(3)12-13(4,10)11/h8-9H,5-7H2,1-4H3. The molecule has 0 bridgehead atoms. The zero-order valence-corrected chi connectivity index (χ0v) is 9.73. The average Bonchev–Trinajstić information content (AvgIpc) is 1.96. The van der Waals surface area contributed by atoms with Crippen molar-refractivity contribution in [3.63, 3.8) is 0 Å². The van der Waals surface area contributed by atoms with E-state index in [4.69, 9.17) is 4.18 Å². The van der Waals surface area contributed by atoms with Gasteiger partial charge in [0, 0.05) is 0 Å². The van der Waals surface area contributed by atoms with Crippen LogP contribution in [0.5, 0.6) is 0 Å². The fourth-order valence-electron chi connectivity index (χ4n) is 1.43. The summed E-state index contributed by atoms with van der Waals surface area (Å²) in [7, 11) is -3.29. The van der Waals surface area contributed by atoms with E-state index in [2.05, 4.69) is 13.8 Å². The van der Waals surface area contributed by atoms with Crippen LogP contribution in [0.1, 0.15) is 40.0 Å². The number of rotatable bonds is 6. The van der Waals surface area contributed by atoms with Crippen LogP contribution in [0, 0.1) is 5.92 Å². The molecule has 0 aliphatic heterocycles. The third kappa shape index (κ3) is 7.02. The Morgan fingerprint density at radius 2 is 1.69 bits per heavy atom. The highest BCUT2D eigenvalue weighted by Crippen LogP contribution is 2.17. The van der Waals surface area contributed by atoms with Crippen molar-refractivity contribution in [2.45, 2.75) is 46.1 Å². The van der Waals surface area contributed by atoms with Gasteiger partial charge in [-0.25, -0.2) is 0 Å². The van der Waals surface area contributed by atoms with Crippen LogP contribution in [0.15, 0.2) is 0 Å². The zero-order chi connectivity index (χ0) is 10.5. The normalized spacial score (nSPS) is 14.8. The molecular formula is C9H20O3S. The Labute approximate surface area is 81.6 Å². The highest BCUT2D eigenvalue weighted by Gasteiger charge is 2.14. The molecule has 3 nitrogen and oxygen atoms in total. The maximum absolute atomic E-state index is 10.8. The van der Waals surface area contributed by atoms with E-state index < -0.39 is 10.1 Å². The largest absolute Gasteiger partial charge is 0.267 e.